The fourth-order valence-corrected chi connectivity index (χ4v) is 4.63. The third kappa shape index (κ3) is 2.27. The lowest BCUT2D eigenvalue weighted by molar-refractivity contribution is -0.146. The van der Waals surface area contributed by atoms with Gasteiger partial charge in [-0.2, -0.15) is 0 Å². The molecule has 0 spiro atoms. The van der Waals surface area contributed by atoms with Gasteiger partial charge in [0.2, 0.25) is 5.91 Å². The lowest BCUT2D eigenvalue weighted by Gasteiger charge is -2.46. The van der Waals surface area contributed by atoms with Crippen LogP contribution in [0.3, 0.4) is 0 Å². The van der Waals surface area contributed by atoms with Crippen LogP contribution in [0.15, 0.2) is 9.85 Å². The summed E-state index contributed by atoms with van der Waals surface area (Å²) < 4.78 is 6.86. The number of hydrogen-bond donors (Lipinski definition) is 1. The molecule has 1 aromatic heterocycles. The predicted octanol–water partition coefficient (Wildman–Crippen LogP) is 3.10. The number of likely N-dealkylation sites (tertiary alicyclic amines) is 1. The van der Waals surface area contributed by atoms with Gasteiger partial charge in [0.25, 0.3) is 0 Å². The van der Waals surface area contributed by atoms with Crippen molar-refractivity contribution in [3.05, 3.63) is 14.7 Å². The Hall–Kier alpha value is -0.590. The molecule has 110 valence electrons. The van der Waals surface area contributed by atoms with Crippen molar-refractivity contribution in [1.82, 2.24) is 4.90 Å². The summed E-state index contributed by atoms with van der Waals surface area (Å²) in [6.07, 6.45) is 1.80. The molecule has 1 aromatic rings. The van der Waals surface area contributed by atoms with Crippen LogP contribution >= 0.6 is 27.3 Å². The minimum Gasteiger partial charge on any atom is -0.484 e. The molecule has 0 unspecified atom stereocenters. The Bertz CT molecular complexity index is 543. The standard InChI is InChI=1S/C14H18BrNO3S/c1-14(2)13(18)11(16-6-4-3-5-10(16)17)12-8(19-14)7-9(15)20-12/h7,11,13,18H,3-6H2,1-2H3/t11-,13+/m1/s1. The average Bonchev–Trinajstić information content (AvgIpc) is 2.71. The van der Waals surface area contributed by atoms with Crippen LogP contribution in [0.1, 0.15) is 44.0 Å². The van der Waals surface area contributed by atoms with E-state index in [9.17, 15) is 9.90 Å². The van der Waals surface area contributed by atoms with Gasteiger partial charge in [0.1, 0.15) is 17.5 Å². The first-order chi connectivity index (χ1) is 9.40. The molecule has 4 nitrogen and oxygen atoms in total. The smallest absolute Gasteiger partial charge is 0.223 e. The summed E-state index contributed by atoms with van der Waals surface area (Å²) in [5.74, 6) is 0.911. The first-order valence-corrected chi connectivity index (χ1v) is 8.47. The third-order valence-corrected chi connectivity index (χ3v) is 5.73. The first-order valence-electron chi connectivity index (χ1n) is 6.86. The normalized spacial score (nSPS) is 29.0. The van der Waals surface area contributed by atoms with Crippen molar-refractivity contribution in [2.75, 3.05) is 6.54 Å². The fraction of sp³-hybridized carbons (Fsp3) is 0.643. The predicted molar refractivity (Wildman–Crippen MR) is 81.0 cm³/mol. The van der Waals surface area contributed by atoms with Crippen LogP contribution in [0.4, 0.5) is 0 Å². The van der Waals surface area contributed by atoms with Gasteiger partial charge < -0.3 is 14.7 Å². The molecule has 20 heavy (non-hydrogen) atoms. The van der Waals surface area contributed by atoms with Crippen LogP contribution in [0, 0.1) is 0 Å². The van der Waals surface area contributed by atoms with Crippen molar-refractivity contribution in [3.8, 4) is 5.75 Å². The van der Waals surface area contributed by atoms with Gasteiger partial charge in [-0.1, -0.05) is 0 Å². The molecule has 3 rings (SSSR count). The average molecular weight is 360 g/mol. The van der Waals surface area contributed by atoms with E-state index in [-0.39, 0.29) is 11.9 Å². The Kier molecular flexibility index (Phi) is 3.59. The van der Waals surface area contributed by atoms with Gasteiger partial charge in [0.05, 0.1) is 14.7 Å². The molecule has 1 N–H and O–H groups in total. The van der Waals surface area contributed by atoms with E-state index in [2.05, 4.69) is 15.9 Å². The number of ether oxygens (including phenoxy) is 1. The minimum atomic E-state index is -0.720. The van der Waals surface area contributed by atoms with Crippen LogP contribution in [-0.4, -0.2) is 34.2 Å². The number of thiophene rings is 1. The zero-order valence-corrected chi connectivity index (χ0v) is 14.0. The molecule has 0 aromatic carbocycles. The van der Waals surface area contributed by atoms with Gasteiger partial charge in [-0.3, -0.25) is 4.79 Å². The second kappa shape index (κ2) is 5.00. The number of nitrogens with zero attached hydrogens (tertiary/aromatic N) is 1. The molecule has 0 aliphatic carbocycles. The Morgan fingerprint density at radius 1 is 1.50 bits per heavy atom. The van der Waals surface area contributed by atoms with Gasteiger partial charge in [-0.15, -0.1) is 11.3 Å². The van der Waals surface area contributed by atoms with Crippen molar-refractivity contribution in [2.24, 2.45) is 0 Å². The molecule has 2 aliphatic heterocycles. The van der Waals surface area contributed by atoms with E-state index in [0.717, 1.165) is 27.3 Å². The van der Waals surface area contributed by atoms with E-state index in [1.54, 1.807) is 0 Å². The number of rotatable bonds is 1. The van der Waals surface area contributed by atoms with Crippen LogP contribution < -0.4 is 4.74 Å². The van der Waals surface area contributed by atoms with Crippen molar-refractivity contribution in [3.63, 3.8) is 0 Å². The number of hydrogen-bond acceptors (Lipinski definition) is 4. The van der Waals surface area contributed by atoms with Gasteiger partial charge in [0, 0.05) is 19.0 Å². The summed E-state index contributed by atoms with van der Waals surface area (Å²) in [7, 11) is 0. The summed E-state index contributed by atoms with van der Waals surface area (Å²) in [4.78, 5) is 15.0. The van der Waals surface area contributed by atoms with E-state index in [0.29, 0.717) is 13.0 Å². The molecular weight excluding hydrogens is 342 g/mol. The van der Waals surface area contributed by atoms with Crippen LogP contribution in [-0.2, 0) is 4.79 Å². The van der Waals surface area contributed by atoms with Crippen LogP contribution in [0.2, 0.25) is 0 Å². The number of fused-ring (bicyclic) bond motifs is 1. The first kappa shape index (κ1) is 14.4. The Morgan fingerprint density at radius 2 is 2.25 bits per heavy atom. The van der Waals surface area contributed by atoms with Gasteiger partial charge >= 0.3 is 0 Å². The van der Waals surface area contributed by atoms with Crippen molar-refractivity contribution >= 4 is 33.2 Å². The quantitative estimate of drug-likeness (QED) is 0.837. The molecular formula is C14H18BrNO3S. The van der Waals surface area contributed by atoms with Crippen LogP contribution in [0.25, 0.3) is 0 Å². The maximum Gasteiger partial charge on any atom is 0.223 e. The fourth-order valence-electron chi connectivity index (χ4n) is 2.95. The molecule has 2 atom stereocenters. The highest BCUT2D eigenvalue weighted by Gasteiger charge is 2.48. The van der Waals surface area contributed by atoms with E-state index in [1.165, 1.54) is 11.3 Å². The maximum absolute atomic E-state index is 12.2. The number of carbonyl (C=O) groups excluding carboxylic acids is 1. The van der Waals surface area contributed by atoms with E-state index < -0.39 is 11.7 Å². The van der Waals surface area contributed by atoms with Crippen molar-refractivity contribution in [2.45, 2.75) is 50.9 Å². The lowest BCUT2D eigenvalue weighted by Crippen LogP contribution is -2.55. The summed E-state index contributed by atoms with van der Waals surface area (Å²) in [5.41, 5.74) is -0.699. The largest absolute Gasteiger partial charge is 0.484 e. The number of aliphatic hydroxyl groups excluding tert-OH is 1. The summed E-state index contributed by atoms with van der Waals surface area (Å²) in [6, 6.07) is 1.63. The van der Waals surface area contributed by atoms with Gasteiger partial charge in [-0.25, -0.2) is 0 Å². The van der Waals surface area contributed by atoms with Gasteiger partial charge in [-0.05, 0) is 42.6 Å². The van der Waals surface area contributed by atoms with E-state index in [1.807, 2.05) is 24.8 Å². The Balaban J connectivity index is 2.04. The third-order valence-electron chi connectivity index (χ3n) is 4.04. The number of amides is 1. The summed E-state index contributed by atoms with van der Waals surface area (Å²) >= 11 is 5.01. The zero-order valence-electron chi connectivity index (χ0n) is 11.6. The minimum absolute atomic E-state index is 0.133. The second-order valence-electron chi connectivity index (χ2n) is 5.92. The SMILES string of the molecule is CC1(C)Oc2cc(Br)sc2[C@@H](N2CCCCC2=O)[C@@H]1O. The topological polar surface area (TPSA) is 49.8 Å². The molecule has 1 amide bonds. The molecule has 1 fully saturated rings. The summed E-state index contributed by atoms with van der Waals surface area (Å²) in [5, 5.41) is 10.7. The molecule has 6 heteroatoms. The molecule has 0 radical (unpaired) electrons. The number of aliphatic hydroxyl groups is 1. The number of halogens is 1. The highest BCUT2D eigenvalue weighted by molar-refractivity contribution is 9.11. The molecule has 0 bridgehead atoms. The molecule has 2 aliphatic rings. The van der Waals surface area contributed by atoms with E-state index >= 15 is 0 Å². The Morgan fingerprint density at radius 3 is 2.95 bits per heavy atom. The van der Waals surface area contributed by atoms with Crippen molar-refractivity contribution in [1.29, 1.82) is 0 Å². The number of carbonyl (C=O) groups is 1. The molecule has 0 saturated carbocycles. The lowest BCUT2D eigenvalue weighted by atomic mass is 9.88. The van der Waals surface area contributed by atoms with Crippen molar-refractivity contribution < 1.29 is 14.6 Å². The number of piperidine rings is 1. The highest BCUT2D eigenvalue weighted by Crippen LogP contribution is 2.49. The molecule has 1 saturated heterocycles. The second-order valence-corrected chi connectivity index (χ2v) is 8.38. The summed E-state index contributed by atoms with van der Waals surface area (Å²) in [6.45, 7) is 4.45. The zero-order chi connectivity index (χ0) is 14.5. The highest BCUT2D eigenvalue weighted by atomic mass is 79.9. The maximum atomic E-state index is 12.2. The molecule has 3 heterocycles. The van der Waals surface area contributed by atoms with Gasteiger partial charge in [0.15, 0.2) is 0 Å². The monoisotopic (exact) mass is 359 g/mol. The Labute approximate surface area is 130 Å². The van der Waals surface area contributed by atoms with E-state index in [4.69, 9.17) is 4.74 Å². The van der Waals surface area contributed by atoms with Crippen LogP contribution in [0.5, 0.6) is 5.75 Å².